The van der Waals surface area contributed by atoms with Crippen molar-refractivity contribution in [2.24, 2.45) is 11.7 Å². The Labute approximate surface area is 126 Å². The Morgan fingerprint density at radius 3 is 2.67 bits per heavy atom. The molecule has 116 valence electrons. The fraction of sp³-hybridized carbons (Fsp3) is 0.588. The van der Waals surface area contributed by atoms with Crippen molar-refractivity contribution in [1.29, 1.82) is 0 Å². The first-order chi connectivity index (χ1) is 10.0. The van der Waals surface area contributed by atoms with Crippen LogP contribution >= 0.6 is 0 Å². The van der Waals surface area contributed by atoms with Gasteiger partial charge < -0.3 is 15.2 Å². The highest BCUT2D eigenvalue weighted by Crippen LogP contribution is 2.39. The monoisotopic (exact) mass is 291 g/mol. The van der Waals surface area contributed by atoms with E-state index in [0.717, 1.165) is 30.6 Å². The molecule has 0 aliphatic heterocycles. The van der Waals surface area contributed by atoms with Crippen LogP contribution in [0.3, 0.4) is 0 Å². The van der Waals surface area contributed by atoms with E-state index in [1.165, 1.54) is 7.11 Å². The molecule has 0 amide bonds. The van der Waals surface area contributed by atoms with Crippen LogP contribution in [0.25, 0.3) is 0 Å². The lowest BCUT2D eigenvalue weighted by Crippen LogP contribution is -2.55. The maximum absolute atomic E-state index is 12.0. The van der Waals surface area contributed by atoms with Gasteiger partial charge in [-0.2, -0.15) is 0 Å². The standard InChI is InChI=1S/C17H25NO3/c1-4-12(2)14-7-5-6-8-15(14)21-11-17(18,13-9-10-13)16(19)20-3/h5-8,12-13H,4,9-11,18H2,1-3H3. The van der Waals surface area contributed by atoms with Crippen molar-refractivity contribution in [1.82, 2.24) is 0 Å². The topological polar surface area (TPSA) is 61.5 Å². The summed E-state index contributed by atoms with van der Waals surface area (Å²) in [4.78, 5) is 12.0. The summed E-state index contributed by atoms with van der Waals surface area (Å²) in [6.07, 6.45) is 2.96. The van der Waals surface area contributed by atoms with Gasteiger partial charge in [-0.05, 0) is 42.7 Å². The number of carbonyl (C=O) groups is 1. The molecule has 0 saturated heterocycles. The minimum atomic E-state index is -1.03. The summed E-state index contributed by atoms with van der Waals surface area (Å²) in [7, 11) is 1.37. The summed E-state index contributed by atoms with van der Waals surface area (Å²) in [5, 5.41) is 0. The zero-order chi connectivity index (χ0) is 15.5. The van der Waals surface area contributed by atoms with E-state index in [0.29, 0.717) is 5.92 Å². The van der Waals surface area contributed by atoms with Crippen molar-refractivity contribution in [2.75, 3.05) is 13.7 Å². The average molecular weight is 291 g/mol. The number of carbonyl (C=O) groups excluding carboxylic acids is 1. The lowest BCUT2D eigenvalue weighted by Gasteiger charge is -2.27. The van der Waals surface area contributed by atoms with Crippen molar-refractivity contribution < 1.29 is 14.3 Å². The molecule has 4 nitrogen and oxygen atoms in total. The Bertz CT molecular complexity index is 499. The number of hydrogen-bond acceptors (Lipinski definition) is 4. The van der Waals surface area contributed by atoms with Crippen molar-refractivity contribution >= 4 is 5.97 Å². The molecule has 0 spiro atoms. The van der Waals surface area contributed by atoms with Gasteiger partial charge in [-0.25, -0.2) is 4.79 Å². The molecule has 2 unspecified atom stereocenters. The molecule has 4 heteroatoms. The molecule has 0 radical (unpaired) electrons. The summed E-state index contributed by atoms with van der Waals surface area (Å²) in [5.74, 6) is 1.00. The Morgan fingerprint density at radius 1 is 1.43 bits per heavy atom. The van der Waals surface area contributed by atoms with Crippen LogP contribution in [0.1, 0.15) is 44.6 Å². The fourth-order valence-electron chi connectivity index (χ4n) is 2.57. The van der Waals surface area contributed by atoms with Crippen LogP contribution in [0.5, 0.6) is 5.75 Å². The Hall–Kier alpha value is -1.55. The lowest BCUT2D eigenvalue weighted by atomic mass is 9.95. The Kier molecular flexibility index (Phi) is 4.88. The van der Waals surface area contributed by atoms with Crippen LogP contribution in [-0.2, 0) is 9.53 Å². The summed E-state index contributed by atoms with van der Waals surface area (Å²) in [5.41, 5.74) is 6.39. The molecule has 2 rings (SSSR count). The van der Waals surface area contributed by atoms with Gasteiger partial charge in [0.15, 0.2) is 5.54 Å². The number of methoxy groups -OCH3 is 1. The Morgan fingerprint density at radius 2 is 2.10 bits per heavy atom. The second kappa shape index (κ2) is 6.48. The molecule has 2 atom stereocenters. The third kappa shape index (κ3) is 3.38. The number of para-hydroxylation sites is 1. The minimum absolute atomic E-state index is 0.164. The number of esters is 1. The molecule has 1 fully saturated rings. The van der Waals surface area contributed by atoms with Gasteiger partial charge in [0.1, 0.15) is 12.4 Å². The fourth-order valence-corrected chi connectivity index (χ4v) is 2.57. The van der Waals surface area contributed by atoms with Crippen molar-refractivity contribution in [3.8, 4) is 5.75 Å². The molecule has 1 saturated carbocycles. The molecule has 2 N–H and O–H groups in total. The zero-order valence-corrected chi connectivity index (χ0v) is 13.1. The molecule has 0 aromatic heterocycles. The third-order valence-electron chi connectivity index (χ3n) is 4.40. The summed E-state index contributed by atoms with van der Waals surface area (Å²) in [6.45, 7) is 4.48. The van der Waals surface area contributed by atoms with Crippen molar-refractivity contribution in [3.63, 3.8) is 0 Å². The molecule has 0 bridgehead atoms. The Balaban J connectivity index is 2.13. The quantitative estimate of drug-likeness (QED) is 0.785. The number of hydrogen-bond donors (Lipinski definition) is 1. The van der Waals surface area contributed by atoms with Crippen LogP contribution in [0.2, 0.25) is 0 Å². The highest BCUT2D eigenvalue weighted by molar-refractivity contribution is 5.81. The summed E-state index contributed by atoms with van der Waals surface area (Å²) < 4.78 is 10.8. The average Bonchev–Trinajstić information content (AvgIpc) is 3.36. The second-order valence-electron chi connectivity index (χ2n) is 5.94. The first kappa shape index (κ1) is 15.8. The highest BCUT2D eigenvalue weighted by Gasteiger charge is 2.50. The maximum atomic E-state index is 12.0. The van der Waals surface area contributed by atoms with E-state index in [9.17, 15) is 4.79 Å². The van der Waals surface area contributed by atoms with Crippen LogP contribution in [-0.4, -0.2) is 25.2 Å². The van der Waals surface area contributed by atoms with E-state index in [1.807, 2.05) is 18.2 Å². The number of rotatable bonds is 7. The van der Waals surface area contributed by atoms with Gasteiger partial charge in [0.05, 0.1) is 7.11 Å². The van der Waals surface area contributed by atoms with E-state index in [-0.39, 0.29) is 18.5 Å². The van der Waals surface area contributed by atoms with Crippen LogP contribution in [0, 0.1) is 5.92 Å². The maximum Gasteiger partial charge on any atom is 0.329 e. The van der Waals surface area contributed by atoms with Crippen LogP contribution in [0.4, 0.5) is 0 Å². The summed E-state index contributed by atoms with van der Waals surface area (Å²) in [6, 6.07) is 7.95. The van der Waals surface area contributed by atoms with E-state index < -0.39 is 5.54 Å². The molecular formula is C17H25NO3. The zero-order valence-electron chi connectivity index (χ0n) is 13.1. The lowest BCUT2D eigenvalue weighted by molar-refractivity contribution is -0.149. The molecule has 1 aliphatic rings. The van der Waals surface area contributed by atoms with Gasteiger partial charge in [0.2, 0.25) is 0 Å². The molecule has 1 aromatic carbocycles. The molecule has 1 aromatic rings. The molecular weight excluding hydrogens is 266 g/mol. The normalized spacial score (nSPS) is 18.7. The third-order valence-corrected chi connectivity index (χ3v) is 4.40. The number of benzene rings is 1. The van der Waals surface area contributed by atoms with Crippen molar-refractivity contribution in [2.45, 2.75) is 44.6 Å². The summed E-state index contributed by atoms with van der Waals surface area (Å²) >= 11 is 0. The second-order valence-corrected chi connectivity index (χ2v) is 5.94. The van der Waals surface area contributed by atoms with Gasteiger partial charge in [0.25, 0.3) is 0 Å². The van der Waals surface area contributed by atoms with Crippen LogP contribution < -0.4 is 10.5 Å². The minimum Gasteiger partial charge on any atom is -0.491 e. The molecule has 21 heavy (non-hydrogen) atoms. The molecule has 0 heterocycles. The van der Waals surface area contributed by atoms with Gasteiger partial charge in [-0.15, -0.1) is 0 Å². The largest absolute Gasteiger partial charge is 0.491 e. The smallest absolute Gasteiger partial charge is 0.329 e. The molecule has 1 aliphatic carbocycles. The van der Waals surface area contributed by atoms with Crippen LogP contribution in [0.15, 0.2) is 24.3 Å². The van der Waals surface area contributed by atoms with Gasteiger partial charge >= 0.3 is 5.97 Å². The number of nitrogens with two attached hydrogens (primary N) is 1. The van der Waals surface area contributed by atoms with E-state index in [2.05, 4.69) is 19.9 Å². The SMILES string of the molecule is CCC(C)c1ccccc1OCC(N)(C(=O)OC)C1CC1. The van der Waals surface area contributed by atoms with Crippen molar-refractivity contribution in [3.05, 3.63) is 29.8 Å². The van der Waals surface area contributed by atoms with Gasteiger partial charge in [-0.3, -0.25) is 0 Å². The van der Waals surface area contributed by atoms with E-state index in [4.69, 9.17) is 15.2 Å². The predicted octanol–water partition coefficient (Wildman–Crippen LogP) is 2.86. The predicted molar refractivity (Wildman–Crippen MR) is 82.3 cm³/mol. The number of ether oxygens (including phenoxy) is 2. The van der Waals surface area contributed by atoms with E-state index in [1.54, 1.807) is 0 Å². The first-order valence-corrected chi connectivity index (χ1v) is 7.62. The van der Waals surface area contributed by atoms with Gasteiger partial charge in [0, 0.05) is 0 Å². The van der Waals surface area contributed by atoms with Gasteiger partial charge in [-0.1, -0.05) is 32.0 Å². The van der Waals surface area contributed by atoms with E-state index >= 15 is 0 Å². The highest BCUT2D eigenvalue weighted by atomic mass is 16.5. The first-order valence-electron chi connectivity index (χ1n) is 7.62.